The highest BCUT2D eigenvalue weighted by Gasteiger charge is 2.21. The molecular weight excluding hydrogens is 208 g/mol. The van der Waals surface area contributed by atoms with Crippen LogP contribution in [0.25, 0.3) is 0 Å². The smallest absolute Gasteiger partial charge is 0.0472 e. The Balaban J connectivity index is 2.07. The normalized spacial score (nSPS) is 18.8. The lowest BCUT2D eigenvalue weighted by molar-refractivity contribution is 0.187. The van der Waals surface area contributed by atoms with E-state index >= 15 is 0 Å². The first-order valence-electron chi connectivity index (χ1n) is 6.79. The molecule has 1 aromatic rings. The summed E-state index contributed by atoms with van der Waals surface area (Å²) in [6.07, 6.45) is 2.74. The second-order valence-corrected chi connectivity index (χ2v) is 5.01. The highest BCUT2D eigenvalue weighted by molar-refractivity contribution is 5.19. The first kappa shape index (κ1) is 12.6. The number of likely N-dealkylation sites (tertiary alicyclic amines) is 1. The molecule has 0 aliphatic carbocycles. The van der Waals surface area contributed by atoms with Crippen LogP contribution in [0.1, 0.15) is 31.4 Å². The van der Waals surface area contributed by atoms with Crippen LogP contribution in [-0.2, 0) is 0 Å². The van der Waals surface area contributed by atoms with Crippen LogP contribution in [-0.4, -0.2) is 43.0 Å². The van der Waals surface area contributed by atoms with Crippen molar-refractivity contribution in [3.05, 3.63) is 35.9 Å². The standard InChI is InChI=1S/C15H24N2/c1-3-16(2)15(13-17-11-7-8-12-17)14-9-5-4-6-10-14/h4-6,9-10,15H,3,7-8,11-13H2,1-2H3. The van der Waals surface area contributed by atoms with E-state index in [4.69, 9.17) is 0 Å². The average Bonchev–Trinajstić information content (AvgIpc) is 2.89. The molecule has 0 radical (unpaired) electrons. The van der Waals surface area contributed by atoms with E-state index in [9.17, 15) is 0 Å². The Morgan fingerprint density at radius 1 is 1.18 bits per heavy atom. The number of hydrogen-bond acceptors (Lipinski definition) is 2. The van der Waals surface area contributed by atoms with Crippen molar-refractivity contribution in [1.29, 1.82) is 0 Å². The predicted octanol–water partition coefficient (Wildman–Crippen LogP) is 2.78. The largest absolute Gasteiger partial charge is 0.301 e. The van der Waals surface area contributed by atoms with E-state index in [1.807, 2.05) is 0 Å². The van der Waals surface area contributed by atoms with E-state index < -0.39 is 0 Å². The lowest BCUT2D eigenvalue weighted by Crippen LogP contribution is -2.35. The molecule has 2 nitrogen and oxygen atoms in total. The first-order valence-corrected chi connectivity index (χ1v) is 6.79. The third-order valence-corrected chi connectivity index (χ3v) is 3.85. The minimum atomic E-state index is 0.541. The van der Waals surface area contributed by atoms with Gasteiger partial charge >= 0.3 is 0 Å². The summed E-state index contributed by atoms with van der Waals surface area (Å²) in [5.74, 6) is 0. The molecule has 0 N–H and O–H groups in total. The third-order valence-electron chi connectivity index (χ3n) is 3.85. The molecule has 1 heterocycles. The molecule has 0 bridgehead atoms. The molecule has 1 saturated heterocycles. The zero-order chi connectivity index (χ0) is 12.1. The molecule has 1 aliphatic heterocycles. The molecule has 0 spiro atoms. The molecule has 0 aromatic heterocycles. The Kier molecular flexibility index (Phi) is 4.57. The topological polar surface area (TPSA) is 6.48 Å². The maximum absolute atomic E-state index is 2.60. The van der Waals surface area contributed by atoms with Crippen molar-refractivity contribution in [3.8, 4) is 0 Å². The van der Waals surface area contributed by atoms with Gasteiger partial charge in [-0.25, -0.2) is 0 Å². The van der Waals surface area contributed by atoms with E-state index in [1.165, 1.54) is 38.0 Å². The van der Waals surface area contributed by atoms with Crippen molar-refractivity contribution < 1.29 is 0 Å². The van der Waals surface area contributed by atoms with Crippen LogP contribution in [0, 0.1) is 0 Å². The molecule has 0 amide bonds. The summed E-state index contributed by atoms with van der Waals surface area (Å²) in [6.45, 7) is 7.07. The van der Waals surface area contributed by atoms with Crippen molar-refractivity contribution in [1.82, 2.24) is 9.80 Å². The molecule has 2 rings (SSSR count). The zero-order valence-corrected chi connectivity index (χ0v) is 11.1. The zero-order valence-electron chi connectivity index (χ0n) is 11.1. The summed E-state index contributed by atoms with van der Waals surface area (Å²) in [5, 5.41) is 0. The van der Waals surface area contributed by atoms with Gasteiger partial charge in [-0.15, -0.1) is 0 Å². The van der Waals surface area contributed by atoms with Gasteiger partial charge in [0.15, 0.2) is 0 Å². The van der Waals surface area contributed by atoms with E-state index in [1.54, 1.807) is 0 Å². The van der Waals surface area contributed by atoms with Gasteiger partial charge in [0.05, 0.1) is 0 Å². The summed E-state index contributed by atoms with van der Waals surface area (Å²) in [5.41, 5.74) is 1.45. The average molecular weight is 232 g/mol. The molecule has 2 heteroatoms. The number of likely N-dealkylation sites (N-methyl/N-ethyl adjacent to an activating group) is 1. The Morgan fingerprint density at radius 2 is 1.82 bits per heavy atom. The molecular formula is C15H24N2. The fourth-order valence-electron chi connectivity index (χ4n) is 2.60. The Hall–Kier alpha value is -0.860. The molecule has 1 fully saturated rings. The van der Waals surface area contributed by atoms with Gasteiger partial charge in [-0.3, -0.25) is 4.90 Å². The summed E-state index contributed by atoms with van der Waals surface area (Å²) < 4.78 is 0. The van der Waals surface area contributed by atoms with Crippen molar-refractivity contribution in [2.75, 3.05) is 33.2 Å². The van der Waals surface area contributed by atoms with E-state index in [2.05, 4.69) is 54.1 Å². The predicted molar refractivity (Wildman–Crippen MR) is 73.2 cm³/mol. The molecule has 0 saturated carbocycles. The van der Waals surface area contributed by atoms with Crippen LogP contribution >= 0.6 is 0 Å². The van der Waals surface area contributed by atoms with Crippen molar-refractivity contribution in [2.45, 2.75) is 25.8 Å². The Morgan fingerprint density at radius 3 is 2.41 bits per heavy atom. The maximum Gasteiger partial charge on any atom is 0.0472 e. The monoisotopic (exact) mass is 232 g/mol. The highest BCUT2D eigenvalue weighted by Crippen LogP contribution is 2.22. The Bertz CT molecular complexity index is 317. The summed E-state index contributed by atoms with van der Waals surface area (Å²) in [6, 6.07) is 11.5. The Labute approximate surface area is 105 Å². The minimum absolute atomic E-state index is 0.541. The van der Waals surface area contributed by atoms with Crippen LogP contribution in [0.5, 0.6) is 0 Å². The van der Waals surface area contributed by atoms with Crippen LogP contribution < -0.4 is 0 Å². The lowest BCUT2D eigenvalue weighted by atomic mass is 10.1. The quantitative estimate of drug-likeness (QED) is 0.770. The van der Waals surface area contributed by atoms with Gasteiger partial charge in [-0.1, -0.05) is 37.3 Å². The number of rotatable bonds is 5. The van der Waals surface area contributed by atoms with Crippen molar-refractivity contribution >= 4 is 0 Å². The summed E-state index contributed by atoms with van der Waals surface area (Å²) >= 11 is 0. The summed E-state index contributed by atoms with van der Waals surface area (Å²) in [7, 11) is 2.23. The van der Waals surface area contributed by atoms with Crippen LogP contribution in [0.15, 0.2) is 30.3 Å². The van der Waals surface area contributed by atoms with Crippen LogP contribution in [0.3, 0.4) is 0 Å². The van der Waals surface area contributed by atoms with E-state index in [0.29, 0.717) is 6.04 Å². The molecule has 1 aliphatic rings. The molecule has 17 heavy (non-hydrogen) atoms. The van der Waals surface area contributed by atoms with Crippen LogP contribution in [0.4, 0.5) is 0 Å². The second-order valence-electron chi connectivity index (χ2n) is 5.01. The number of nitrogens with zero attached hydrogens (tertiary/aromatic N) is 2. The van der Waals surface area contributed by atoms with Gasteiger partial charge in [-0.2, -0.15) is 0 Å². The van der Waals surface area contributed by atoms with Gasteiger partial charge < -0.3 is 4.90 Å². The van der Waals surface area contributed by atoms with Gasteiger partial charge in [0.2, 0.25) is 0 Å². The molecule has 94 valence electrons. The van der Waals surface area contributed by atoms with Gasteiger partial charge in [0.1, 0.15) is 0 Å². The SMILES string of the molecule is CCN(C)C(CN1CCCC1)c1ccccc1. The highest BCUT2D eigenvalue weighted by atomic mass is 15.2. The van der Waals surface area contributed by atoms with Crippen LogP contribution in [0.2, 0.25) is 0 Å². The van der Waals surface area contributed by atoms with Crippen molar-refractivity contribution in [2.24, 2.45) is 0 Å². The third kappa shape index (κ3) is 3.30. The second kappa shape index (κ2) is 6.18. The molecule has 1 unspecified atom stereocenters. The fraction of sp³-hybridized carbons (Fsp3) is 0.600. The lowest BCUT2D eigenvalue weighted by Gasteiger charge is -2.31. The fourth-order valence-corrected chi connectivity index (χ4v) is 2.60. The maximum atomic E-state index is 2.60. The van der Waals surface area contributed by atoms with Gasteiger partial charge in [0, 0.05) is 12.6 Å². The van der Waals surface area contributed by atoms with E-state index in [0.717, 1.165) is 6.54 Å². The molecule has 1 aromatic carbocycles. The van der Waals surface area contributed by atoms with Crippen molar-refractivity contribution in [3.63, 3.8) is 0 Å². The first-order chi connectivity index (χ1) is 8.31. The van der Waals surface area contributed by atoms with Gasteiger partial charge in [0.25, 0.3) is 0 Å². The summed E-state index contributed by atoms with van der Waals surface area (Å²) in [4.78, 5) is 5.05. The molecule has 1 atom stereocenters. The number of hydrogen-bond donors (Lipinski definition) is 0. The van der Waals surface area contributed by atoms with E-state index in [-0.39, 0.29) is 0 Å². The van der Waals surface area contributed by atoms with Gasteiger partial charge in [-0.05, 0) is 45.1 Å². The number of benzene rings is 1. The minimum Gasteiger partial charge on any atom is -0.301 e.